The summed E-state index contributed by atoms with van der Waals surface area (Å²) in [5.74, 6) is -1.01. The molecule has 18 heavy (non-hydrogen) atoms. The van der Waals surface area contributed by atoms with Crippen LogP contribution in [0.5, 0.6) is 0 Å². The van der Waals surface area contributed by atoms with Gasteiger partial charge in [-0.05, 0) is 32.9 Å². The molecule has 0 bridgehead atoms. The van der Waals surface area contributed by atoms with Crippen molar-refractivity contribution in [3.8, 4) is 0 Å². The molecule has 0 saturated heterocycles. The van der Waals surface area contributed by atoms with E-state index in [4.69, 9.17) is 18.4 Å². The van der Waals surface area contributed by atoms with Crippen molar-refractivity contribution < 1.29 is 23.2 Å². The normalized spacial score (nSPS) is 12.5. The second-order valence-corrected chi connectivity index (χ2v) is 5.73. The highest BCUT2D eigenvalue weighted by atomic mass is 28.4. The van der Waals surface area contributed by atoms with Gasteiger partial charge in [0.05, 0.1) is 0 Å². The topological polar surface area (TPSA) is 65.0 Å². The summed E-state index contributed by atoms with van der Waals surface area (Å²) >= 11 is 0. The lowest BCUT2D eigenvalue weighted by Gasteiger charge is -2.25. The summed E-state index contributed by atoms with van der Waals surface area (Å²) in [7, 11) is -3.05. The van der Waals surface area contributed by atoms with Gasteiger partial charge in [0.25, 0.3) is 0 Å². The van der Waals surface area contributed by atoms with Crippen molar-refractivity contribution in [1.82, 2.24) is 0 Å². The van der Waals surface area contributed by atoms with Crippen molar-refractivity contribution in [2.24, 2.45) is 0 Å². The van der Waals surface area contributed by atoms with Gasteiger partial charge in [-0.3, -0.25) is 0 Å². The van der Waals surface area contributed by atoms with Crippen LogP contribution in [0.15, 0.2) is 23.9 Å². The van der Waals surface area contributed by atoms with Gasteiger partial charge in [-0.1, -0.05) is 6.08 Å². The summed E-state index contributed by atoms with van der Waals surface area (Å²) in [6, 6.07) is 0. The van der Waals surface area contributed by atoms with Crippen LogP contribution in [0.25, 0.3) is 0 Å². The average molecular weight is 274 g/mol. The number of hydrogen-bond donors (Lipinski definition) is 1. The number of rotatable bonds is 10. The monoisotopic (exact) mass is 274 g/mol. The van der Waals surface area contributed by atoms with E-state index in [0.29, 0.717) is 19.8 Å². The van der Waals surface area contributed by atoms with E-state index < -0.39 is 14.8 Å². The molecule has 0 heterocycles. The van der Waals surface area contributed by atoms with Gasteiger partial charge in [-0.25, -0.2) is 4.79 Å². The standard InChI is InChI=1S/C12H22O5Si/c1-5-9-11(12(13)14)10-18(15-6-2,16-7-3)17-8-4/h5,10H,1,6-9H2,2-4H3,(H,13,14). The fraction of sp³-hybridized carbons (Fsp3) is 0.583. The molecule has 0 atom stereocenters. The molecule has 0 spiro atoms. The second kappa shape index (κ2) is 9.04. The highest BCUT2D eigenvalue weighted by Crippen LogP contribution is 2.16. The molecule has 0 aromatic carbocycles. The molecule has 104 valence electrons. The molecule has 6 heteroatoms. The molecule has 0 fully saturated rings. The molecule has 0 aromatic rings. The van der Waals surface area contributed by atoms with Gasteiger partial charge < -0.3 is 18.4 Å². The largest absolute Gasteiger partial charge is 0.530 e. The van der Waals surface area contributed by atoms with Crippen LogP contribution in [0.4, 0.5) is 0 Å². The molecule has 0 aliphatic rings. The molecule has 0 unspecified atom stereocenters. The van der Waals surface area contributed by atoms with Crippen molar-refractivity contribution in [2.45, 2.75) is 27.2 Å². The zero-order chi connectivity index (χ0) is 14.0. The summed E-state index contributed by atoms with van der Waals surface area (Å²) in [4.78, 5) is 11.1. The summed E-state index contributed by atoms with van der Waals surface area (Å²) in [5.41, 5.74) is 1.68. The molecule has 5 nitrogen and oxygen atoms in total. The molecular weight excluding hydrogens is 252 g/mol. The van der Waals surface area contributed by atoms with E-state index in [1.54, 1.807) is 0 Å². The van der Waals surface area contributed by atoms with Gasteiger partial charge in [0, 0.05) is 25.4 Å². The maximum Gasteiger partial charge on any atom is 0.530 e. The SMILES string of the molecule is C=CCC(=C[Si](OCC)(OCC)OCC)C(=O)O. The summed E-state index contributed by atoms with van der Waals surface area (Å²) in [6.07, 6.45) is 1.78. The molecule has 0 amide bonds. The van der Waals surface area contributed by atoms with Crippen molar-refractivity contribution in [3.63, 3.8) is 0 Å². The highest BCUT2D eigenvalue weighted by molar-refractivity contribution is 6.66. The van der Waals surface area contributed by atoms with E-state index in [2.05, 4.69) is 6.58 Å². The van der Waals surface area contributed by atoms with Gasteiger partial charge in [0.1, 0.15) is 0 Å². The third kappa shape index (κ3) is 5.59. The first kappa shape index (κ1) is 17.0. The van der Waals surface area contributed by atoms with E-state index in [1.165, 1.54) is 11.8 Å². The predicted molar refractivity (Wildman–Crippen MR) is 71.2 cm³/mol. The van der Waals surface area contributed by atoms with Gasteiger partial charge in [-0.2, -0.15) is 0 Å². The third-order valence-electron chi connectivity index (χ3n) is 2.03. The van der Waals surface area contributed by atoms with Crippen LogP contribution < -0.4 is 0 Å². The van der Waals surface area contributed by atoms with E-state index in [-0.39, 0.29) is 12.0 Å². The van der Waals surface area contributed by atoms with Crippen molar-refractivity contribution in [1.29, 1.82) is 0 Å². The zero-order valence-electron chi connectivity index (χ0n) is 11.3. The lowest BCUT2D eigenvalue weighted by atomic mass is 10.2. The van der Waals surface area contributed by atoms with E-state index in [9.17, 15) is 4.79 Å². The summed E-state index contributed by atoms with van der Waals surface area (Å²) < 4.78 is 16.7. The summed E-state index contributed by atoms with van der Waals surface area (Å²) in [5, 5.41) is 9.11. The van der Waals surface area contributed by atoms with Gasteiger partial charge in [-0.15, -0.1) is 6.58 Å². The van der Waals surface area contributed by atoms with Crippen LogP contribution in [-0.2, 0) is 18.1 Å². The Morgan fingerprint density at radius 1 is 1.17 bits per heavy atom. The number of carboxylic acid groups (broad SMARTS) is 1. The number of aliphatic carboxylic acids is 1. The first-order chi connectivity index (χ1) is 8.55. The minimum Gasteiger partial charge on any atom is -0.478 e. The third-order valence-corrected chi connectivity index (χ3v) is 4.80. The molecule has 0 radical (unpaired) electrons. The molecular formula is C12H22O5Si. The Labute approximate surface area is 109 Å². The lowest BCUT2D eigenvalue weighted by Crippen LogP contribution is -2.45. The maximum absolute atomic E-state index is 11.1. The Morgan fingerprint density at radius 2 is 1.61 bits per heavy atom. The number of carbonyl (C=O) groups is 1. The van der Waals surface area contributed by atoms with Crippen LogP contribution in [0.3, 0.4) is 0 Å². The van der Waals surface area contributed by atoms with E-state index >= 15 is 0 Å². The molecule has 0 saturated carbocycles. The van der Waals surface area contributed by atoms with E-state index in [0.717, 1.165) is 0 Å². The predicted octanol–water partition coefficient (Wildman–Crippen LogP) is 2.16. The number of carboxylic acids is 1. The molecule has 0 aromatic heterocycles. The van der Waals surface area contributed by atoms with Crippen molar-refractivity contribution in [3.05, 3.63) is 23.9 Å². The Bertz CT molecular complexity index is 284. The van der Waals surface area contributed by atoms with Crippen LogP contribution in [0, 0.1) is 0 Å². The van der Waals surface area contributed by atoms with Crippen LogP contribution in [0.2, 0.25) is 0 Å². The maximum atomic E-state index is 11.1. The highest BCUT2D eigenvalue weighted by Gasteiger charge is 2.39. The van der Waals surface area contributed by atoms with Crippen LogP contribution in [-0.4, -0.2) is 39.7 Å². The van der Waals surface area contributed by atoms with Crippen LogP contribution in [0.1, 0.15) is 27.2 Å². The van der Waals surface area contributed by atoms with Crippen LogP contribution >= 0.6 is 0 Å². The summed E-state index contributed by atoms with van der Waals surface area (Å²) in [6.45, 7) is 10.2. The first-order valence-corrected chi connectivity index (χ1v) is 7.83. The Hall–Kier alpha value is -0.953. The minimum absolute atomic E-state index is 0.187. The number of allylic oxidation sites excluding steroid dienone is 1. The van der Waals surface area contributed by atoms with Gasteiger partial charge in [0.2, 0.25) is 0 Å². The Morgan fingerprint density at radius 3 is 1.89 bits per heavy atom. The van der Waals surface area contributed by atoms with Crippen molar-refractivity contribution in [2.75, 3.05) is 19.8 Å². The average Bonchev–Trinajstić information content (AvgIpc) is 2.29. The quantitative estimate of drug-likeness (QED) is 0.376. The fourth-order valence-corrected chi connectivity index (χ4v) is 3.81. The molecule has 0 rings (SSSR count). The van der Waals surface area contributed by atoms with Crippen molar-refractivity contribution >= 4 is 14.8 Å². The van der Waals surface area contributed by atoms with Gasteiger partial charge >= 0.3 is 14.8 Å². The van der Waals surface area contributed by atoms with E-state index in [1.807, 2.05) is 20.8 Å². The smallest absolute Gasteiger partial charge is 0.478 e. The minimum atomic E-state index is -3.05. The fourth-order valence-electron chi connectivity index (χ4n) is 1.43. The Balaban J connectivity index is 5.28. The second-order valence-electron chi connectivity index (χ2n) is 3.37. The van der Waals surface area contributed by atoms with Gasteiger partial charge in [0.15, 0.2) is 0 Å². The molecule has 0 aliphatic carbocycles. The Kier molecular flexibility index (Phi) is 8.56. The zero-order valence-corrected chi connectivity index (χ0v) is 12.3. The molecule has 0 aliphatic heterocycles. The number of hydrogen-bond acceptors (Lipinski definition) is 4. The first-order valence-electron chi connectivity index (χ1n) is 6.02. The molecule has 1 N–H and O–H groups in total. The lowest BCUT2D eigenvalue weighted by molar-refractivity contribution is -0.132.